The first-order valence-electron chi connectivity index (χ1n) is 6.47. The molecule has 0 atom stereocenters. The lowest BCUT2D eigenvalue weighted by atomic mass is 10.1. The van der Waals surface area contributed by atoms with Gasteiger partial charge in [-0.05, 0) is 19.4 Å². The van der Waals surface area contributed by atoms with E-state index in [9.17, 15) is 4.79 Å². The molecule has 1 heterocycles. The third-order valence-electron chi connectivity index (χ3n) is 3.17. The number of carbonyl (C=O) groups excluding carboxylic acids is 1. The summed E-state index contributed by atoms with van der Waals surface area (Å²) in [6.45, 7) is 7.23. The van der Waals surface area contributed by atoms with Crippen molar-refractivity contribution in [2.75, 3.05) is 46.4 Å². The fourth-order valence-electron chi connectivity index (χ4n) is 2.05. The van der Waals surface area contributed by atoms with Crippen molar-refractivity contribution in [2.45, 2.75) is 25.8 Å². The highest BCUT2D eigenvalue weighted by Gasteiger charge is 2.19. The first kappa shape index (κ1) is 21.2. The summed E-state index contributed by atoms with van der Waals surface area (Å²) in [6, 6.07) is 0.356. The van der Waals surface area contributed by atoms with Gasteiger partial charge in [0.1, 0.15) is 0 Å². The highest BCUT2D eigenvalue weighted by molar-refractivity contribution is 5.85. The molecular weight excluding hydrogens is 289 g/mol. The van der Waals surface area contributed by atoms with Crippen LogP contribution in [0.5, 0.6) is 0 Å². The van der Waals surface area contributed by atoms with Crippen LogP contribution in [0.3, 0.4) is 0 Å². The summed E-state index contributed by atoms with van der Waals surface area (Å²) in [4.78, 5) is 14.0. The molecule has 1 saturated heterocycles. The van der Waals surface area contributed by atoms with Gasteiger partial charge in [0.25, 0.3) is 0 Å². The molecule has 1 aliphatic rings. The molecule has 19 heavy (non-hydrogen) atoms. The molecule has 0 radical (unpaired) electrons. The number of amides is 1. The number of halogens is 2. The summed E-state index contributed by atoms with van der Waals surface area (Å²) >= 11 is 0. The van der Waals surface area contributed by atoms with Crippen LogP contribution < -0.4 is 10.6 Å². The zero-order chi connectivity index (χ0) is 12.5. The van der Waals surface area contributed by atoms with Crippen LogP contribution in [0.4, 0.5) is 0 Å². The second kappa shape index (κ2) is 12.9. The van der Waals surface area contributed by atoms with Gasteiger partial charge in [-0.3, -0.25) is 4.79 Å². The Morgan fingerprint density at radius 2 is 1.95 bits per heavy atom. The van der Waals surface area contributed by atoms with Crippen molar-refractivity contribution < 1.29 is 9.53 Å². The number of nitrogens with zero attached hydrogens (tertiary/aromatic N) is 1. The minimum atomic E-state index is 0. The zero-order valence-corrected chi connectivity index (χ0v) is 13.4. The average molecular weight is 316 g/mol. The lowest BCUT2D eigenvalue weighted by molar-refractivity contribution is -0.121. The van der Waals surface area contributed by atoms with E-state index >= 15 is 0 Å². The highest BCUT2D eigenvalue weighted by Crippen LogP contribution is 2.09. The number of rotatable bonds is 7. The number of likely N-dealkylation sites (tertiary alicyclic amines) is 1. The Morgan fingerprint density at radius 3 is 2.47 bits per heavy atom. The molecular formula is C12H27Cl2N3O2. The molecule has 0 saturated carbocycles. The second-order valence-corrected chi connectivity index (χ2v) is 4.45. The van der Waals surface area contributed by atoms with Gasteiger partial charge in [0.2, 0.25) is 5.91 Å². The van der Waals surface area contributed by atoms with Gasteiger partial charge in [0, 0.05) is 32.8 Å². The van der Waals surface area contributed by atoms with Gasteiger partial charge >= 0.3 is 0 Å². The van der Waals surface area contributed by atoms with Crippen molar-refractivity contribution in [1.29, 1.82) is 0 Å². The maximum Gasteiger partial charge on any atom is 0.234 e. The zero-order valence-electron chi connectivity index (χ0n) is 11.8. The molecule has 0 aromatic heterocycles. The molecule has 0 unspecified atom stereocenters. The first-order valence-corrected chi connectivity index (χ1v) is 6.47. The van der Waals surface area contributed by atoms with E-state index in [1.807, 2.05) is 0 Å². The van der Waals surface area contributed by atoms with E-state index in [0.29, 0.717) is 19.2 Å². The summed E-state index contributed by atoms with van der Waals surface area (Å²) in [7, 11) is 1.66. The van der Waals surface area contributed by atoms with Crippen LogP contribution in [-0.2, 0) is 9.53 Å². The lowest BCUT2D eigenvalue weighted by Gasteiger charge is -2.31. The lowest BCUT2D eigenvalue weighted by Crippen LogP contribution is -2.47. The van der Waals surface area contributed by atoms with E-state index in [1.165, 1.54) is 0 Å². The van der Waals surface area contributed by atoms with Gasteiger partial charge in [-0.2, -0.15) is 0 Å². The normalized spacial score (nSPS) is 16.3. The van der Waals surface area contributed by atoms with Gasteiger partial charge in [-0.25, -0.2) is 0 Å². The van der Waals surface area contributed by atoms with E-state index in [1.54, 1.807) is 7.11 Å². The van der Waals surface area contributed by atoms with E-state index in [2.05, 4.69) is 22.5 Å². The number of hydrogen-bond acceptors (Lipinski definition) is 4. The van der Waals surface area contributed by atoms with Crippen molar-refractivity contribution in [2.24, 2.45) is 0 Å². The van der Waals surface area contributed by atoms with Crippen molar-refractivity contribution in [3.05, 3.63) is 0 Å². The Bertz CT molecular complexity index is 225. The van der Waals surface area contributed by atoms with Crippen LogP contribution in [0.1, 0.15) is 19.8 Å². The Balaban J connectivity index is 0. The monoisotopic (exact) mass is 315 g/mol. The summed E-state index contributed by atoms with van der Waals surface area (Å²) < 4.78 is 4.90. The molecule has 7 heteroatoms. The standard InChI is InChI=1S/C12H25N3O2.2ClH/c1-3-15-7-4-11(5-8-15)14-12(16)10-13-6-9-17-2;;/h11,13H,3-10H2,1-2H3,(H,14,16);2*1H. The van der Waals surface area contributed by atoms with Gasteiger partial charge in [-0.15, -0.1) is 24.8 Å². The van der Waals surface area contributed by atoms with Gasteiger partial charge < -0.3 is 20.3 Å². The molecule has 0 aromatic rings. The Kier molecular flexibility index (Phi) is 14.5. The predicted molar refractivity (Wildman–Crippen MR) is 82.5 cm³/mol. The molecule has 0 bridgehead atoms. The topological polar surface area (TPSA) is 53.6 Å². The third-order valence-corrected chi connectivity index (χ3v) is 3.17. The molecule has 1 aliphatic heterocycles. The van der Waals surface area contributed by atoms with Crippen LogP contribution >= 0.6 is 24.8 Å². The van der Waals surface area contributed by atoms with Crippen LogP contribution in [0, 0.1) is 0 Å². The fraction of sp³-hybridized carbons (Fsp3) is 0.917. The summed E-state index contributed by atoms with van der Waals surface area (Å²) in [5, 5.41) is 6.12. The van der Waals surface area contributed by atoms with E-state index in [-0.39, 0.29) is 30.7 Å². The predicted octanol–water partition coefficient (Wildman–Crippen LogP) is 0.666. The molecule has 0 aromatic carbocycles. The molecule has 1 fully saturated rings. The molecule has 0 spiro atoms. The maximum absolute atomic E-state index is 11.6. The number of nitrogens with one attached hydrogen (secondary N) is 2. The van der Waals surface area contributed by atoms with Gasteiger partial charge in [0.15, 0.2) is 0 Å². The number of carbonyl (C=O) groups is 1. The third kappa shape index (κ3) is 9.46. The molecule has 1 amide bonds. The minimum absolute atomic E-state index is 0. The number of methoxy groups -OCH3 is 1. The summed E-state index contributed by atoms with van der Waals surface area (Å²) in [6.07, 6.45) is 2.13. The molecule has 1 rings (SSSR count). The number of piperidine rings is 1. The van der Waals surface area contributed by atoms with E-state index in [0.717, 1.165) is 39.0 Å². The highest BCUT2D eigenvalue weighted by atomic mass is 35.5. The van der Waals surface area contributed by atoms with E-state index in [4.69, 9.17) is 4.74 Å². The Morgan fingerprint density at radius 1 is 1.32 bits per heavy atom. The van der Waals surface area contributed by atoms with Crippen LogP contribution in [0.2, 0.25) is 0 Å². The number of hydrogen-bond donors (Lipinski definition) is 2. The number of ether oxygens (including phenoxy) is 1. The average Bonchev–Trinajstić information content (AvgIpc) is 2.36. The molecule has 116 valence electrons. The van der Waals surface area contributed by atoms with Crippen LogP contribution in [0.25, 0.3) is 0 Å². The Labute approximate surface area is 128 Å². The fourth-order valence-corrected chi connectivity index (χ4v) is 2.05. The second-order valence-electron chi connectivity index (χ2n) is 4.45. The molecule has 0 aliphatic carbocycles. The van der Waals surface area contributed by atoms with Gasteiger partial charge in [-0.1, -0.05) is 6.92 Å². The Hall–Kier alpha value is -0.0700. The summed E-state index contributed by atoms with van der Waals surface area (Å²) in [5.41, 5.74) is 0. The molecule has 2 N–H and O–H groups in total. The van der Waals surface area contributed by atoms with Crippen molar-refractivity contribution in [3.8, 4) is 0 Å². The largest absolute Gasteiger partial charge is 0.383 e. The smallest absolute Gasteiger partial charge is 0.234 e. The maximum atomic E-state index is 11.6. The van der Waals surface area contributed by atoms with Crippen LogP contribution in [0.15, 0.2) is 0 Å². The van der Waals surface area contributed by atoms with Crippen molar-refractivity contribution in [1.82, 2.24) is 15.5 Å². The van der Waals surface area contributed by atoms with Crippen LogP contribution in [-0.4, -0.2) is 63.3 Å². The SMILES string of the molecule is CCN1CCC(NC(=O)CNCCOC)CC1.Cl.Cl. The summed E-state index contributed by atoms with van der Waals surface area (Å²) in [5.74, 6) is 0.0936. The quantitative estimate of drug-likeness (QED) is 0.678. The van der Waals surface area contributed by atoms with Gasteiger partial charge in [0.05, 0.1) is 13.2 Å². The first-order chi connectivity index (χ1) is 8.26. The van der Waals surface area contributed by atoms with Crippen molar-refractivity contribution in [3.63, 3.8) is 0 Å². The van der Waals surface area contributed by atoms with Crippen molar-refractivity contribution >= 4 is 30.7 Å². The minimum Gasteiger partial charge on any atom is -0.383 e. The molecule has 5 nitrogen and oxygen atoms in total. The van der Waals surface area contributed by atoms with E-state index < -0.39 is 0 Å².